The van der Waals surface area contributed by atoms with E-state index in [1.807, 2.05) is 51.1 Å². The molecule has 4 rings (SSSR count). The molecule has 0 atom stereocenters. The Morgan fingerprint density at radius 2 is 1.52 bits per heavy atom. The second-order valence-corrected chi connectivity index (χ2v) is 10.9. The summed E-state index contributed by atoms with van der Waals surface area (Å²) in [6.45, 7) is 5.86. The number of hydrogen-bond donors (Lipinski definition) is 2. The zero-order valence-electron chi connectivity index (χ0n) is 18.5. The van der Waals surface area contributed by atoms with Gasteiger partial charge in [0.2, 0.25) is 15.6 Å². The molecule has 0 saturated heterocycles. The van der Waals surface area contributed by atoms with E-state index >= 15 is 0 Å². The number of carbonyl (C=O) groups is 1. The molecule has 5 nitrogen and oxygen atoms in total. The van der Waals surface area contributed by atoms with Crippen molar-refractivity contribution in [2.24, 2.45) is 0 Å². The van der Waals surface area contributed by atoms with Crippen LogP contribution in [0.3, 0.4) is 0 Å². The van der Waals surface area contributed by atoms with Crippen LogP contribution in [0.15, 0.2) is 82.6 Å². The molecule has 0 aliphatic heterocycles. The second kappa shape index (κ2) is 8.84. The summed E-state index contributed by atoms with van der Waals surface area (Å²) in [5.41, 5.74) is 10.6. The number of nitrogens with two attached hydrogens (primary N) is 1. The molecule has 33 heavy (non-hydrogen) atoms. The lowest BCUT2D eigenvalue weighted by Gasteiger charge is -2.12. The lowest BCUT2D eigenvalue weighted by molar-refractivity contribution is 0.104. The summed E-state index contributed by atoms with van der Waals surface area (Å²) in [5.74, 6) is -0.310. The highest BCUT2D eigenvalue weighted by Crippen LogP contribution is 2.44. The van der Waals surface area contributed by atoms with Gasteiger partial charge in [0.1, 0.15) is 14.8 Å². The van der Waals surface area contributed by atoms with Crippen molar-refractivity contribution in [1.29, 1.82) is 0 Å². The molecule has 0 saturated carbocycles. The van der Waals surface area contributed by atoms with Gasteiger partial charge in [-0.25, -0.2) is 8.42 Å². The Balaban J connectivity index is 1.89. The Kier molecular flexibility index (Phi) is 6.10. The Hall–Kier alpha value is -3.42. The van der Waals surface area contributed by atoms with Gasteiger partial charge < -0.3 is 11.1 Å². The first-order valence-electron chi connectivity index (χ1n) is 10.4. The summed E-state index contributed by atoms with van der Waals surface area (Å²) in [5, 5.41) is 3.55. The molecule has 3 N–H and O–H groups in total. The number of anilines is 3. The zero-order valence-corrected chi connectivity index (χ0v) is 20.2. The average molecular weight is 477 g/mol. The third kappa shape index (κ3) is 4.42. The van der Waals surface area contributed by atoms with Gasteiger partial charge in [0, 0.05) is 11.3 Å². The van der Waals surface area contributed by atoms with Crippen LogP contribution in [0.5, 0.6) is 0 Å². The van der Waals surface area contributed by atoms with Gasteiger partial charge in [-0.15, -0.1) is 11.3 Å². The number of sulfone groups is 1. The fourth-order valence-corrected chi connectivity index (χ4v) is 6.52. The van der Waals surface area contributed by atoms with Gasteiger partial charge in [0.25, 0.3) is 0 Å². The van der Waals surface area contributed by atoms with Crippen LogP contribution in [-0.2, 0) is 9.84 Å². The van der Waals surface area contributed by atoms with Crippen LogP contribution in [0.1, 0.15) is 31.9 Å². The summed E-state index contributed by atoms with van der Waals surface area (Å²) < 4.78 is 27.2. The van der Waals surface area contributed by atoms with E-state index in [9.17, 15) is 13.2 Å². The normalized spacial score (nSPS) is 11.4. The van der Waals surface area contributed by atoms with Gasteiger partial charge >= 0.3 is 0 Å². The van der Waals surface area contributed by atoms with E-state index in [0.29, 0.717) is 10.6 Å². The van der Waals surface area contributed by atoms with Crippen molar-refractivity contribution in [3.8, 4) is 0 Å². The maximum Gasteiger partial charge on any atom is 0.211 e. The first-order chi connectivity index (χ1) is 15.7. The molecule has 4 aromatic rings. The second-order valence-electron chi connectivity index (χ2n) is 7.96. The smallest absolute Gasteiger partial charge is 0.211 e. The minimum Gasteiger partial charge on any atom is -0.396 e. The van der Waals surface area contributed by atoms with Gasteiger partial charge in [0.15, 0.2) is 0 Å². The van der Waals surface area contributed by atoms with Crippen LogP contribution in [-0.4, -0.2) is 14.2 Å². The summed E-state index contributed by atoms with van der Waals surface area (Å²) in [6.07, 6.45) is 0. The molecule has 0 bridgehead atoms. The molecule has 0 amide bonds. The van der Waals surface area contributed by atoms with Crippen molar-refractivity contribution in [2.75, 3.05) is 11.1 Å². The number of nitrogens with one attached hydrogen (secondary N) is 1. The summed E-state index contributed by atoms with van der Waals surface area (Å²) in [6, 6.07) is 21.1. The van der Waals surface area contributed by atoms with Crippen LogP contribution in [0, 0.1) is 20.8 Å². The van der Waals surface area contributed by atoms with Gasteiger partial charge in [0.05, 0.1) is 10.6 Å². The monoisotopic (exact) mass is 476 g/mol. The van der Waals surface area contributed by atoms with Crippen molar-refractivity contribution in [2.45, 2.75) is 30.6 Å². The molecule has 3 aromatic carbocycles. The molecule has 0 spiro atoms. The minimum atomic E-state index is -3.97. The predicted octanol–water partition coefficient (Wildman–Crippen LogP) is 6.06. The van der Waals surface area contributed by atoms with Gasteiger partial charge in [-0.05, 0) is 44.5 Å². The minimum absolute atomic E-state index is 0.0401. The van der Waals surface area contributed by atoms with Crippen LogP contribution < -0.4 is 11.1 Å². The lowest BCUT2D eigenvalue weighted by atomic mass is 10.1. The van der Waals surface area contributed by atoms with Gasteiger partial charge in [-0.3, -0.25) is 4.79 Å². The zero-order chi connectivity index (χ0) is 23.8. The average Bonchev–Trinajstić information content (AvgIpc) is 3.12. The quantitative estimate of drug-likeness (QED) is 0.330. The van der Waals surface area contributed by atoms with Crippen molar-refractivity contribution >= 4 is 43.3 Å². The molecule has 0 unspecified atom stereocenters. The van der Waals surface area contributed by atoms with Crippen LogP contribution in [0.25, 0.3) is 0 Å². The Morgan fingerprint density at radius 3 is 2.15 bits per heavy atom. The summed E-state index contributed by atoms with van der Waals surface area (Å²) in [7, 11) is -3.97. The van der Waals surface area contributed by atoms with E-state index in [-0.39, 0.29) is 26.1 Å². The number of aryl methyl sites for hydroxylation is 3. The fraction of sp³-hybridized carbons (Fsp3) is 0.115. The van der Waals surface area contributed by atoms with E-state index in [1.54, 1.807) is 30.3 Å². The van der Waals surface area contributed by atoms with Gasteiger partial charge in [-0.2, -0.15) is 0 Å². The highest BCUT2D eigenvalue weighted by Gasteiger charge is 2.31. The van der Waals surface area contributed by atoms with Crippen LogP contribution >= 0.6 is 11.3 Å². The first kappa shape index (κ1) is 22.8. The molecular formula is C26H24N2O3S2. The highest BCUT2D eigenvalue weighted by molar-refractivity contribution is 7.92. The standard InChI is InChI=1S/C26H24N2O3S2/c1-16-9-12-19(13-10-16)23(29)24-22(27)25(33(30,31)20-7-5-4-6-8-20)26(32-24)28-21-14-11-17(2)15-18(21)3/h4-15,28H,27H2,1-3H3. The highest BCUT2D eigenvalue weighted by atomic mass is 32.2. The Morgan fingerprint density at radius 1 is 0.879 bits per heavy atom. The molecule has 168 valence electrons. The molecule has 0 aliphatic rings. The number of hydrogen-bond acceptors (Lipinski definition) is 6. The third-order valence-electron chi connectivity index (χ3n) is 5.37. The number of thiophene rings is 1. The van der Waals surface area contributed by atoms with E-state index in [1.165, 1.54) is 12.1 Å². The molecule has 0 aliphatic carbocycles. The number of benzene rings is 3. The molecular weight excluding hydrogens is 452 g/mol. The third-order valence-corrected chi connectivity index (χ3v) is 8.48. The van der Waals surface area contributed by atoms with Crippen LogP contribution in [0.2, 0.25) is 0 Å². The number of rotatable bonds is 6. The molecule has 1 heterocycles. The van der Waals surface area contributed by atoms with E-state index in [0.717, 1.165) is 33.7 Å². The Labute approximate surface area is 197 Å². The van der Waals surface area contributed by atoms with E-state index in [4.69, 9.17) is 5.73 Å². The number of nitrogen functional groups attached to an aromatic ring is 1. The van der Waals surface area contributed by atoms with Crippen LogP contribution in [0.4, 0.5) is 16.4 Å². The number of ketones is 1. The largest absolute Gasteiger partial charge is 0.396 e. The molecule has 0 fully saturated rings. The maximum absolute atomic E-state index is 13.6. The fourth-order valence-electron chi connectivity index (χ4n) is 3.58. The first-order valence-corrected chi connectivity index (χ1v) is 12.7. The molecule has 1 aromatic heterocycles. The molecule has 7 heteroatoms. The number of carbonyl (C=O) groups excluding carboxylic acids is 1. The predicted molar refractivity (Wildman–Crippen MR) is 134 cm³/mol. The molecule has 0 radical (unpaired) electrons. The summed E-state index contributed by atoms with van der Waals surface area (Å²) >= 11 is 1.06. The maximum atomic E-state index is 13.6. The van der Waals surface area contributed by atoms with Crippen molar-refractivity contribution in [3.63, 3.8) is 0 Å². The summed E-state index contributed by atoms with van der Waals surface area (Å²) in [4.78, 5) is 13.5. The van der Waals surface area contributed by atoms with Crippen molar-refractivity contribution in [1.82, 2.24) is 0 Å². The van der Waals surface area contributed by atoms with Gasteiger partial charge in [-0.1, -0.05) is 65.7 Å². The SMILES string of the molecule is Cc1ccc(C(=O)c2sc(Nc3ccc(C)cc3C)c(S(=O)(=O)c3ccccc3)c2N)cc1. The van der Waals surface area contributed by atoms with E-state index < -0.39 is 9.84 Å². The Bertz CT molecular complexity index is 1440. The lowest BCUT2D eigenvalue weighted by Crippen LogP contribution is -2.08. The topological polar surface area (TPSA) is 89.3 Å². The van der Waals surface area contributed by atoms with Crippen molar-refractivity contribution in [3.05, 3.63) is 99.9 Å². The van der Waals surface area contributed by atoms with E-state index in [2.05, 4.69) is 5.32 Å². The van der Waals surface area contributed by atoms with Crippen molar-refractivity contribution < 1.29 is 13.2 Å².